The third-order valence-corrected chi connectivity index (χ3v) is 0.794. The van der Waals surface area contributed by atoms with E-state index in [1.807, 2.05) is 6.92 Å². The Kier molecular flexibility index (Phi) is 9.68. The summed E-state index contributed by atoms with van der Waals surface area (Å²) in [5.41, 5.74) is 0. The Labute approximate surface area is 81.2 Å². The number of carbonyl (C=O) groups excluding carboxylic acids is 1. The lowest BCUT2D eigenvalue weighted by Crippen LogP contribution is -2.18. The van der Waals surface area contributed by atoms with Gasteiger partial charge in [-0.1, -0.05) is 0 Å². The van der Waals surface area contributed by atoms with Crippen LogP contribution >= 0.6 is 0 Å². The predicted molar refractivity (Wildman–Crippen MR) is 48.8 cm³/mol. The van der Waals surface area contributed by atoms with Crippen molar-refractivity contribution >= 4 is 17.8 Å². The molecule has 6 heteroatoms. The van der Waals surface area contributed by atoms with Crippen LogP contribution in [0.15, 0.2) is 12.2 Å². The molecule has 0 unspecified atom stereocenters. The molecule has 80 valence electrons. The SMILES string of the molecule is CCNC(C)=O.O=C(O)C=CC(=O)O. The van der Waals surface area contributed by atoms with Crippen molar-refractivity contribution in [1.29, 1.82) is 0 Å². The van der Waals surface area contributed by atoms with Crippen LogP contribution in [0.25, 0.3) is 0 Å². The molecule has 0 aromatic carbocycles. The molecule has 14 heavy (non-hydrogen) atoms. The Hall–Kier alpha value is -1.85. The van der Waals surface area contributed by atoms with Crippen LogP contribution in [0, 0.1) is 0 Å². The van der Waals surface area contributed by atoms with Crippen molar-refractivity contribution in [2.45, 2.75) is 13.8 Å². The summed E-state index contributed by atoms with van der Waals surface area (Å²) >= 11 is 0. The Morgan fingerprint density at radius 3 is 1.57 bits per heavy atom. The number of hydrogen-bond donors (Lipinski definition) is 3. The van der Waals surface area contributed by atoms with Crippen molar-refractivity contribution in [3.8, 4) is 0 Å². The summed E-state index contributed by atoms with van der Waals surface area (Å²) in [5.74, 6) is -2.47. The molecule has 0 fully saturated rings. The molecule has 0 aromatic heterocycles. The highest BCUT2D eigenvalue weighted by Gasteiger charge is 1.88. The fraction of sp³-hybridized carbons (Fsp3) is 0.375. The van der Waals surface area contributed by atoms with Gasteiger partial charge in [-0.2, -0.15) is 0 Å². The van der Waals surface area contributed by atoms with Gasteiger partial charge in [0.15, 0.2) is 0 Å². The van der Waals surface area contributed by atoms with Crippen molar-refractivity contribution in [1.82, 2.24) is 5.32 Å². The first-order valence-electron chi connectivity index (χ1n) is 3.78. The summed E-state index contributed by atoms with van der Waals surface area (Å²) in [6, 6.07) is 0. The van der Waals surface area contributed by atoms with Gasteiger partial charge in [0.25, 0.3) is 0 Å². The number of carboxylic acids is 2. The zero-order chi connectivity index (χ0) is 11.6. The molecular weight excluding hydrogens is 190 g/mol. The topological polar surface area (TPSA) is 104 Å². The molecule has 0 spiro atoms. The average Bonchev–Trinajstić information content (AvgIpc) is 2.01. The molecule has 0 heterocycles. The zero-order valence-corrected chi connectivity index (χ0v) is 7.98. The number of aliphatic carboxylic acids is 2. The molecule has 0 saturated carbocycles. The molecule has 0 atom stereocenters. The van der Waals surface area contributed by atoms with Gasteiger partial charge >= 0.3 is 11.9 Å². The Balaban J connectivity index is 0. The van der Waals surface area contributed by atoms with E-state index in [-0.39, 0.29) is 5.91 Å². The molecule has 6 nitrogen and oxygen atoms in total. The maximum absolute atomic E-state index is 9.93. The summed E-state index contributed by atoms with van der Waals surface area (Å²) in [5, 5.41) is 18.2. The van der Waals surface area contributed by atoms with E-state index < -0.39 is 11.9 Å². The lowest BCUT2D eigenvalue weighted by atomic mass is 10.5. The van der Waals surface area contributed by atoms with Gasteiger partial charge < -0.3 is 15.5 Å². The van der Waals surface area contributed by atoms with Gasteiger partial charge in [0.1, 0.15) is 0 Å². The molecule has 0 aromatic rings. The lowest BCUT2D eigenvalue weighted by Gasteiger charge is -1.88. The number of carbonyl (C=O) groups is 3. The van der Waals surface area contributed by atoms with Gasteiger partial charge in [-0.15, -0.1) is 0 Å². The van der Waals surface area contributed by atoms with E-state index in [4.69, 9.17) is 10.2 Å². The first kappa shape index (κ1) is 14.7. The second-order valence-electron chi connectivity index (χ2n) is 2.10. The first-order valence-corrected chi connectivity index (χ1v) is 3.78. The van der Waals surface area contributed by atoms with E-state index in [0.717, 1.165) is 6.54 Å². The highest BCUT2D eigenvalue weighted by Crippen LogP contribution is 1.70. The number of carboxylic acid groups (broad SMARTS) is 2. The minimum absolute atomic E-state index is 0.0394. The quantitative estimate of drug-likeness (QED) is 0.553. The standard InChI is InChI=1S/C4H9NO.C4H4O4/c1-3-5-4(2)6;5-3(6)1-2-4(7)8/h3H2,1-2H3,(H,5,6);1-2H,(H,5,6)(H,7,8). The monoisotopic (exact) mass is 203 g/mol. The summed E-state index contributed by atoms with van der Waals surface area (Å²) in [4.78, 5) is 29.0. The van der Waals surface area contributed by atoms with Gasteiger partial charge in [0, 0.05) is 25.6 Å². The molecule has 0 aliphatic carbocycles. The molecule has 3 N–H and O–H groups in total. The minimum atomic E-state index is -1.26. The van der Waals surface area contributed by atoms with Crippen molar-refractivity contribution in [2.75, 3.05) is 6.54 Å². The van der Waals surface area contributed by atoms with Crippen molar-refractivity contribution < 1.29 is 24.6 Å². The highest BCUT2D eigenvalue weighted by atomic mass is 16.4. The minimum Gasteiger partial charge on any atom is -0.478 e. The Morgan fingerprint density at radius 1 is 1.14 bits per heavy atom. The fourth-order valence-corrected chi connectivity index (χ4v) is 0.392. The van der Waals surface area contributed by atoms with Crippen LogP contribution in [-0.2, 0) is 14.4 Å². The molecule has 0 aliphatic rings. The van der Waals surface area contributed by atoms with E-state index in [1.54, 1.807) is 0 Å². The molecule has 0 bridgehead atoms. The summed E-state index contributed by atoms with van der Waals surface area (Å²) < 4.78 is 0. The van der Waals surface area contributed by atoms with E-state index in [9.17, 15) is 14.4 Å². The maximum atomic E-state index is 9.93. The van der Waals surface area contributed by atoms with Crippen molar-refractivity contribution in [3.05, 3.63) is 12.2 Å². The summed E-state index contributed by atoms with van der Waals surface area (Å²) in [7, 11) is 0. The third-order valence-electron chi connectivity index (χ3n) is 0.794. The first-order chi connectivity index (χ1) is 6.40. The van der Waals surface area contributed by atoms with E-state index in [0.29, 0.717) is 12.2 Å². The van der Waals surface area contributed by atoms with Crippen LogP contribution in [0.2, 0.25) is 0 Å². The van der Waals surface area contributed by atoms with Gasteiger partial charge in [0.2, 0.25) is 5.91 Å². The number of amides is 1. The van der Waals surface area contributed by atoms with Gasteiger partial charge in [0.05, 0.1) is 0 Å². The van der Waals surface area contributed by atoms with Crippen LogP contribution in [0.1, 0.15) is 13.8 Å². The van der Waals surface area contributed by atoms with Crippen LogP contribution in [-0.4, -0.2) is 34.6 Å². The predicted octanol–water partition coefficient (Wildman–Crippen LogP) is -0.146. The highest BCUT2D eigenvalue weighted by molar-refractivity contribution is 5.89. The lowest BCUT2D eigenvalue weighted by molar-refractivity contribution is -0.134. The van der Waals surface area contributed by atoms with Gasteiger partial charge in [-0.05, 0) is 6.92 Å². The smallest absolute Gasteiger partial charge is 0.328 e. The average molecular weight is 203 g/mol. The van der Waals surface area contributed by atoms with Gasteiger partial charge in [-0.3, -0.25) is 4.79 Å². The summed E-state index contributed by atoms with van der Waals surface area (Å²) in [6.45, 7) is 4.13. The number of hydrogen-bond acceptors (Lipinski definition) is 3. The zero-order valence-electron chi connectivity index (χ0n) is 7.98. The van der Waals surface area contributed by atoms with Crippen LogP contribution in [0.5, 0.6) is 0 Å². The van der Waals surface area contributed by atoms with Crippen molar-refractivity contribution in [3.63, 3.8) is 0 Å². The van der Waals surface area contributed by atoms with E-state index in [1.165, 1.54) is 6.92 Å². The Bertz CT molecular complexity index is 218. The normalized spacial score (nSPS) is 8.71. The molecule has 0 saturated heterocycles. The van der Waals surface area contributed by atoms with E-state index >= 15 is 0 Å². The van der Waals surface area contributed by atoms with E-state index in [2.05, 4.69) is 5.32 Å². The van der Waals surface area contributed by atoms with Crippen LogP contribution in [0.4, 0.5) is 0 Å². The van der Waals surface area contributed by atoms with Crippen LogP contribution in [0.3, 0.4) is 0 Å². The molecule has 0 radical (unpaired) electrons. The van der Waals surface area contributed by atoms with Crippen LogP contribution < -0.4 is 5.32 Å². The number of rotatable bonds is 3. The largest absolute Gasteiger partial charge is 0.478 e. The van der Waals surface area contributed by atoms with Gasteiger partial charge in [-0.25, -0.2) is 9.59 Å². The van der Waals surface area contributed by atoms with Crippen molar-refractivity contribution in [2.24, 2.45) is 0 Å². The Morgan fingerprint density at radius 2 is 1.50 bits per heavy atom. The second-order valence-corrected chi connectivity index (χ2v) is 2.10. The molecular formula is C8H13NO5. The molecule has 0 aliphatic heterocycles. The number of nitrogens with one attached hydrogen (secondary N) is 1. The molecule has 1 amide bonds. The molecule has 0 rings (SSSR count). The third kappa shape index (κ3) is 22.5. The second kappa shape index (κ2) is 9.24. The maximum Gasteiger partial charge on any atom is 0.328 e. The summed E-state index contributed by atoms with van der Waals surface area (Å²) in [6.07, 6.45) is 1.12. The fourth-order valence-electron chi connectivity index (χ4n) is 0.392.